The van der Waals surface area contributed by atoms with E-state index in [0.717, 1.165) is 48.1 Å². The van der Waals surface area contributed by atoms with Crippen LogP contribution in [0.4, 0.5) is 4.79 Å². The molecule has 56 heavy (non-hydrogen) atoms. The molecule has 1 unspecified atom stereocenters. The summed E-state index contributed by atoms with van der Waals surface area (Å²) in [4.78, 5) is 34.3. The summed E-state index contributed by atoms with van der Waals surface area (Å²) in [6.07, 6.45) is 3.26. The van der Waals surface area contributed by atoms with Gasteiger partial charge in [-0.05, 0) is 125 Å². The molecule has 1 N–H and O–H groups in total. The molecule has 1 aliphatic rings. The molecule has 0 aliphatic heterocycles. The Kier molecular flexibility index (Phi) is 15.9. The molecule has 10 nitrogen and oxygen atoms in total. The zero-order valence-electron chi connectivity index (χ0n) is 34.9. The number of pyridine rings is 1. The van der Waals surface area contributed by atoms with Crippen molar-refractivity contribution >= 4 is 43.5 Å². The van der Waals surface area contributed by atoms with Crippen molar-refractivity contribution in [2.45, 2.75) is 117 Å². The van der Waals surface area contributed by atoms with Crippen LogP contribution in [0.3, 0.4) is 0 Å². The number of methoxy groups -OCH3 is 1. The molecule has 0 saturated heterocycles. The number of carbonyl (C=O) groups excluding carboxylic acids is 2. The van der Waals surface area contributed by atoms with E-state index in [-0.39, 0.29) is 36.7 Å². The van der Waals surface area contributed by atoms with Gasteiger partial charge in [0.2, 0.25) is 5.91 Å². The highest BCUT2D eigenvalue weighted by Crippen LogP contribution is 2.38. The van der Waals surface area contributed by atoms with Gasteiger partial charge in [0.05, 0.1) is 16.0 Å². The Morgan fingerprint density at radius 1 is 0.929 bits per heavy atom. The first-order valence-electron chi connectivity index (χ1n) is 19.5. The van der Waals surface area contributed by atoms with Crippen LogP contribution in [-0.4, -0.2) is 75.3 Å². The minimum atomic E-state index is -2.18. The van der Waals surface area contributed by atoms with Crippen LogP contribution in [0.2, 0.25) is 28.2 Å². The van der Waals surface area contributed by atoms with E-state index < -0.39 is 25.9 Å². The van der Waals surface area contributed by atoms with Crippen LogP contribution in [0.5, 0.6) is 17.4 Å². The van der Waals surface area contributed by atoms with Gasteiger partial charge in [0.15, 0.2) is 11.6 Å². The average Bonchev–Trinajstić information content (AvgIpc) is 3.93. The fourth-order valence-electron chi connectivity index (χ4n) is 5.81. The summed E-state index contributed by atoms with van der Waals surface area (Å²) in [6, 6.07) is 15.4. The highest BCUT2D eigenvalue weighted by molar-refractivity contribution is 6.74. The van der Waals surface area contributed by atoms with Crippen molar-refractivity contribution in [3.8, 4) is 17.4 Å². The molecule has 2 amide bonds. The van der Waals surface area contributed by atoms with Gasteiger partial charge in [-0.25, -0.2) is 9.78 Å². The third-order valence-corrected chi connectivity index (χ3v) is 14.8. The quantitative estimate of drug-likeness (QED) is 0.0940. The number of hydrogen-bond donors (Lipinski definition) is 1. The fraction of sp³-hybridized carbons (Fsp3) is 0.558. The van der Waals surface area contributed by atoms with Crippen LogP contribution < -0.4 is 19.2 Å². The summed E-state index contributed by atoms with van der Waals surface area (Å²) in [5.74, 6) is 1.12. The largest absolute Gasteiger partial charge is 0.531 e. The lowest BCUT2D eigenvalue weighted by Gasteiger charge is -2.36. The van der Waals surface area contributed by atoms with Crippen molar-refractivity contribution in [3.63, 3.8) is 0 Å². The van der Waals surface area contributed by atoms with Gasteiger partial charge < -0.3 is 33.6 Å². The van der Waals surface area contributed by atoms with Gasteiger partial charge in [-0.2, -0.15) is 0 Å². The van der Waals surface area contributed by atoms with E-state index in [1.54, 1.807) is 19.2 Å². The molecule has 1 fully saturated rings. The van der Waals surface area contributed by atoms with Gasteiger partial charge in [-0.15, -0.1) is 0 Å². The number of amides is 2. The molecule has 1 saturated carbocycles. The molecule has 0 spiro atoms. The molecular weight excluding hydrogens is 769 g/mol. The highest BCUT2D eigenvalue weighted by Gasteiger charge is 2.40. The molecule has 13 heteroatoms. The van der Waals surface area contributed by atoms with Crippen LogP contribution in [0, 0.1) is 12.8 Å². The smallest absolute Gasteiger partial charge is 0.407 e. The van der Waals surface area contributed by atoms with E-state index in [1.807, 2.05) is 62.9 Å². The summed E-state index contributed by atoms with van der Waals surface area (Å²) in [5, 5.41) is 3.77. The van der Waals surface area contributed by atoms with Crippen LogP contribution >= 0.6 is 23.2 Å². The van der Waals surface area contributed by atoms with Gasteiger partial charge in [0.1, 0.15) is 24.6 Å². The molecule has 2 aromatic carbocycles. The van der Waals surface area contributed by atoms with Gasteiger partial charge in [-0.1, -0.05) is 56.1 Å². The first kappa shape index (κ1) is 45.2. The molecule has 1 heterocycles. The van der Waals surface area contributed by atoms with Crippen LogP contribution in [0.1, 0.15) is 83.2 Å². The van der Waals surface area contributed by atoms with E-state index in [9.17, 15) is 9.59 Å². The standard InChI is InChI=1S/C43H61Cl2N3O7Si/c1-29-22-36(44)39(37(45)23-29)53-21-20-52-35-17-13-30(14-18-35)24-32(27-46-41(50)54-42(2,3)4)40(49)48(34-15-16-34)28-31-25-33(12-11-19-51-8)47-38(26-31)55-56(9,10)43(5,6)7/h13-14,17-18,22-23,25-26,32,34H,11-12,15-16,19-21,24,27-28H2,1-10H3,(H,46,50). The number of halogens is 2. The number of carbonyl (C=O) groups is 2. The van der Waals surface area contributed by atoms with Crippen LogP contribution in [0.25, 0.3) is 0 Å². The van der Waals surface area contributed by atoms with E-state index >= 15 is 0 Å². The third-order valence-electron chi connectivity index (χ3n) is 9.87. The van der Waals surface area contributed by atoms with Crippen LogP contribution in [-0.2, 0) is 33.7 Å². The Hall–Kier alpha value is -3.51. The maximum atomic E-state index is 14.6. The predicted octanol–water partition coefficient (Wildman–Crippen LogP) is 9.99. The number of aryl methyl sites for hydroxylation is 2. The fourth-order valence-corrected chi connectivity index (χ4v) is 7.45. The first-order chi connectivity index (χ1) is 26.2. The number of alkyl carbamates (subject to hydrolysis) is 1. The Bertz CT molecular complexity index is 1750. The maximum absolute atomic E-state index is 14.6. The minimum absolute atomic E-state index is 0.00465. The Balaban J connectivity index is 1.51. The lowest BCUT2D eigenvalue weighted by atomic mass is 9.97. The zero-order valence-corrected chi connectivity index (χ0v) is 37.4. The lowest BCUT2D eigenvalue weighted by Crippen LogP contribution is -2.44. The molecule has 3 aromatic rings. The molecule has 1 aliphatic carbocycles. The Labute approximate surface area is 345 Å². The summed E-state index contributed by atoms with van der Waals surface area (Å²) < 4.78 is 29.2. The third kappa shape index (κ3) is 14.1. The summed E-state index contributed by atoms with van der Waals surface area (Å²) in [7, 11) is -0.482. The number of benzene rings is 2. The second kappa shape index (κ2) is 19.8. The molecule has 0 bridgehead atoms. The SMILES string of the molecule is COCCCc1cc(CN(C(=O)C(CNC(=O)OC(C)(C)C)Cc2ccc(OCCOc3c(Cl)cc(C)cc3Cl)cc2)C2CC2)cc(O[Si](C)(C)C(C)(C)C)n1. The van der Waals surface area contributed by atoms with Crippen molar-refractivity contribution in [3.05, 3.63) is 81.0 Å². The highest BCUT2D eigenvalue weighted by atomic mass is 35.5. The predicted molar refractivity (Wildman–Crippen MR) is 226 cm³/mol. The normalized spacial score (nSPS) is 13.9. The Morgan fingerprint density at radius 2 is 1.57 bits per heavy atom. The van der Waals surface area contributed by atoms with E-state index in [2.05, 4.69) is 45.2 Å². The Morgan fingerprint density at radius 3 is 2.16 bits per heavy atom. The lowest BCUT2D eigenvalue weighted by molar-refractivity contribution is -0.136. The number of hydrogen-bond acceptors (Lipinski definition) is 8. The number of ether oxygens (including phenoxy) is 4. The molecule has 1 atom stereocenters. The van der Waals surface area contributed by atoms with E-state index in [4.69, 9.17) is 51.6 Å². The minimum Gasteiger partial charge on any atom is -0.531 e. The van der Waals surface area contributed by atoms with Crippen molar-refractivity contribution < 1.29 is 33.0 Å². The maximum Gasteiger partial charge on any atom is 0.407 e. The van der Waals surface area contributed by atoms with E-state index in [0.29, 0.717) is 47.0 Å². The van der Waals surface area contributed by atoms with Crippen LogP contribution in [0.15, 0.2) is 48.5 Å². The second-order valence-electron chi connectivity index (χ2n) is 17.1. The van der Waals surface area contributed by atoms with Crippen molar-refractivity contribution in [1.29, 1.82) is 0 Å². The van der Waals surface area contributed by atoms with Gasteiger partial charge in [0, 0.05) is 44.6 Å². The van der Waals surface area contributed by atoms with Gasteiger partial charge in [0.25, 0.3) is 8.32 Å². The molecular formula is C43H61Cl2N3O7Si. The number of nitrogens with zero attached hydrogens (tertiary/aromatic N) is 2. The number of aromatic nitrogens is 1. The molecule has 4 rings (SSSR count). The van der Waals surface area contributed by atoms with Crippen molar-refractivity contribution in [1.82, 2.24) is 15.2 Å². The monoisotopic (exact) mass is 829 g/mol. The second-order valence-corrected chi connectivity index (χ2v) is 22.7. The number of rotatable bonds is 19. The topological polar surface area (TPSA) is 108 Å². The summed E-state index contributed by atoms with van der Waals surface area (Å²) in [5.41, 5.74) is 3.09. The van der Waals surface area contributed by atoms with Gasteiger partial charge in [-0.3, -0.25) is 4.79 Å². The average molecular weight is 831 g/mol. The molecule has 308 valence electrons. The molecule has 1 aromatic heterocycles. The number of nitrogens with one attached hydrogen (secondary N) is 1. The van der Waals surface area contributed by atoms with Gasteiger partial charge >= 0.3 is 6.09 Å². The first-order valence-corrected chi connectivity index (χ1v) is 23.2. The zero-order chi connectivity index (χ0) is 41.3. The summed E-state index contributed by atoms with van der Waals surface area (Å²) >= 11 is 12.6. The van der Waals surface area contributed by atoms with Crippen molar-refractivity contribution in [2.75, 3.05) is 33.5 Å². The van der Waals surface area contributed by atoms with E-state index in [1.165, 1.54) is 0 Å². The summed E-state index contributed by atoms with van der Waals surface area (Å²) in [6.45, 7) is 20.1. The van der Waals surface area contributed by atoms with Crippen molar-refractivity contribution in [2.24, 2.45) is 5.92 Å². The molecule has 0 radical (unpaired) electrons.